The van der Waals surface area contributed by atoms with Crippen molar-refractivity contribution < 1.29 is 0 Å². The highest BCUT2D eigenvalue weighted by atomic mass is 15.1. The molecule has 0 radical (unpaired) electrons. The summed E-state index contributed by atoms with van der Waals surface area (Å²) in [4.78, 5) is 4.60. The predicted molar refractivity (Wildman–Crippen MR) is 55.4 cm³/mol. The average molecular weight is 187 g/mol. The van der Waals surface area contributed by atoms with Crippen LogP contribution in [0.3, 0.4) is 0 Å². The number of hydrogen-bond acceptors (Lipinski definition) is 2. The molecule has 0 unspecified atom stereocenters. The van der Waals surface area contributed by atoms with E-state index in [1.165, 1.54) is 35.0 Å². The first-order chi connectivity index (χ1) is 6.77. The van der Waals surface area contributed by atoms with Gasteiger partial charge in [0.2, 0.25) is 0 Å². The zero-order valence-corrected chi connectivity index (χ0v) is 8.52. The van der Waals surface area contributed by atoms with E-state index in [0.29, 0.717) is 0 Å². The number of pyridine rings is 1. The molecule has 0 aliphatic heterocycles. The number of aromatic amines is 1. The maximum atomic E-state index is 4.60. The minimum atomic E-state index is 0.889. The first kappa shape index (κ1) is 7.97. The summed E-state index contributed by atoms with van der Waals surface area (Å²) in [6, 6.07) is 0. The Bertz CT molecular complexity index is 511. The number of nitrogens with zero attached hydrogens (tertiary/aromatic N) is 2. The van der Waals surface area contributed by atoms with Gasteiger partial charge < -0.3 is 0 Å². The maximum Gasteiger partial charge on any atom is 0.181 e. The summed E-state index contributed by atoms with van der Waals surface area (Å²) < 4.78 is 0. The van der Waals surface area contributed by atoms with Gasteiger partial charge in [-0.3, -0.25) is 5.10 Å². The van der Waals surface area contributed by atoms with Crippen LogP contribution in [0.2, 0.25) is 0 Å². The van der Waals surface area contributed by atoms with E-state index in [2.05, 4.69) is 29.0 Å². The van der Waals surface area contributed by atoms with E-state index in [1.54, 1.807) is 0 Å². The Labute approximate surface area is 82.5 Å². The fourth-order valence-corrected chi connectivity index (χ4v) is 2.48. The van der Waals surface area contributed by atoms with Gasteiger partial charge in [-0.1, -0.05) is 0 Å². The van der Waals surface area contributed by atoms with Crippen LogP contribution in [0.4, 0.5) is 0 Å². The van der Waals surface area contributed by atoms with E-state index in [1.807, 2.05) is 0 Å². The molecule has 2 aromatic heterocycles. The van der Waals surface area contributed by atoms with Crippen molar-refractivity contribution in [2.45, 2.75) is 33.1 Å². The molecule has 0 spiro atoms. The number of H-pyrrole nitrogens is 1. The van der Waals surface area contributed by atoms with Crippen molar-refractivity contribution in [3.05, 3.63) is 22.5 Å². The topological polar surface area (TPSA) is 41.6 Å². The molecule has 2 heterocycles. The number of aryl methyl sites for hydroxylation is 3. The predicted octanol–water partition coefficient (Wildman–Crippen LogP) is 2.06. The second-order valence-electron chi connectivity index (χ2n) is 4.06. The molecule has 1 aliphatic rings. The summed E-state index contributed by atoms with van der Waals surface area (Å²) in [5.41, 5.74) is 6.14. The van der Waals surface area contributed by atoms with Crippen LogP contribution in [0, 0.1) is 13.8 Å². The van der Waals surface area contributed by atoms with Gasteiger partial charge >= 0.3 is 0 Å². The highest BCUT2D eigenvalue weighted by molar-refractivity contribution is 5.83. The largest absolute Gasteiger partial charge is 0.280 e. The van der Waals surface area contributed by atoms with Crippen LogP contribution >= 0.6 is 0 Å². The highest BCUT2D eigenvalue weighted by Gasteiger charge is 2.19. The minimum absolute atomic E-state index is 0.889. The molecule has 1 N–H and O–H groups in total. The van der Waals surface area contributed by atoms with Crippen LogP contribution in [0.1, 0.15) is 28.9 Å². The van der Waals surface area contributed by atoms with Crippen LogP contribution in [-0.2, 0) is 12.8 Å². The van der Waals surface area contributed by atoms with Crippen LogP contribution in [0.5, 0.6) is 0 Å². The Hall–Kier alpha value is -1.38. The number of aromatic nitrogens is 3. The SMILES string of the molecule is Cc1[nH]nc2nc3c(c(C)c12)CCC3. The van der Waals surface area contributed by atoms with Gasteiger partial charge in [0.05, 0.1) is 0 Å². The fourth-order valence-electron chi connectivity index (χ4n) is 2.48. The molecular formula is C11H13N3. The standard InChI is InChI=1S/C11H13N3/c1-6-8-4-3-5-9(8)12-11-10(6)7(2)13-14-11/h3-5H2,1-2H3,(H,12,13,14). The Morgan fingerprint density at radius 3 is 2.93 bits per heavy atom. The lowest BCUT2D eigenvalue weighted by Crippen LogP contribution is -1.93. The molecule has 3 rings (SSSR count). The molecule has 14 heavy (non-hydrogen) atoms. The Morgan fingerprint density at radius 1 is 1.21 bits per heavy atom. The van der Waals surface area contributed by atoms with Crippen molar-refractivity contribution in [1.29, 1.82) is 0 Å². The van der Waals surface area contributed by atoms with E-state index in [-0.39, 0.29) is 0 Å². The quantitative estimate of drug-likeness (QED) is 0.686. The lowest BCUT2D eigenvalue weighted by atomic mass is 10.0. The molecule has 72 valence electrons. The summed E-state index contributed by atoms with van der Waals surface area (Å²) >= 11 is 0. The molecule has 0 saturated heterocycles. The maximum absolute atomic E-state index is 4.60. The molecule has 0 fully saturated rings. The molecule has 2 aromatic rings. The van der Waals surface area contributed by atoms with Crippen LogP contribution in [-0.4, -0.2) is 15.2 Å². The second kappa shape index (κ2) is 2.56. The van der Waals surface area contributed by atoms with Crippen LogP contribution < -0.4 is 0 Å². The number of hydrogen-bond donors (Lipinski definition) is 1. The lowest BCUT2D eigenvalue weighted by Gasteiger charge is -2.04. The minimum Gasteiger partial charge on any atom is -0.280 e. The summed E-state index contributed by atoms with van der Waals surface area (Å²) in [6.45, 7) is 4.25. The van der Waals surface area contributed by atoms with E-state index in [0.717, 1.165) is 17.8 Å². The fraction of sp³-hybridized carbons (Fsp3) is 0.455. The average Bonchev–Trinajstić information content (AvgIpc) is 2.74. The lowest BCUT2D eigenvalue weighted by molar-refractivity contribution is 0.898. The van der Waals surface area contributed by atoms with Crippen molar-refractivity contribution in [1.82, 2.24) is 15.2 Å². The van der Waals surface area contributed by atoms with Gasteiger partial charge in [-0.25, -0.2) is 4.98 Å². The second-order valence-corrected chi connectivity index (χ2v) is 4.06. The normalized spacial score (nSPS) is 15.0. The Balaban J connectivity index is 2.46. The van der Waals surface area contributed by atoms with Gasteiger partial charge in [-0.15, -0.1) is 0 Å². The van der Waals surface area contributed by atoms with Gasteiger partial charge in [0.25, 0.3) is 0 Å². The van der Waals surface area contributed by atoms with Crippen molar-refractivity contribution in [2.75, 3.05) is 0 Å². The Kier molecular flexibility index (Phi) is 1.46. The molecule has 3 nitrogen and oxygen atoms in total. The van der Waals surface area contributed by atoms with Gasteiger partial charge in [-0.2, -0.15) is 5.10 Å². The van der Waals surface area contributed by atoms with E-state index < -0.39 is 0 Å². The number of rotatable bonds is 0. The van der Waals surface area contributed by atoms with Crippen molar-refractivity contribution in [3.8, 4) is 0 Å². The molecule has 0 bridgehead atoms. The summed E-state index contributed by atoms with van der Waals surface area (Å²) in [6.07, 6.45) is 3.56. The summed E-state index contributed by atoms with van der Waals surface area (Å²) in [5.74, 6) is 0. The van der Waals surface area contributed by atoms with Gasteiger partial charge in [0.15, 0.2) is 5.65 Å². The number of fused-ring (bicyclic) bond motifs is 2. The van der Waals surface area contributed by atoms with Gasteiger partial charge in [0, 0.05) is 16.8 Å². The molecule has 0 saturated carbocycles. The monoisotopic (exact) mass is 187 g/mol. The van der Waals surface area contributed by atoms with E-state index in [9.17, 15) is 0 Å². The van der Waals surface area contributed by atoms with Crippen molar-refractivity contribution >= 4 is 11.0 Å². The molecule has 1 aliphatic carbocycles. The van der Waals surface area contributed by atoms with Crippen molar-refractivity contribution in [3.63, 3.8) is 0 Å². The first-order valence-corrected chi connectivity index (χ1v) is 5.10. The summed E-state index contributed by atoms with van der Waals surface area (Å²) in [5, 5.41) is 8.46. The van der Waals surface area contributed by atoms with E-state index >= 15 is 0 Å². The third kappa shape index (κ3) is 0.870. The zero-order valence-electron chi connectivity index (χ0n) is 8.52. The van der Waals surface area contributed by atoms with Crippen LogP contribution in [0.25, 0.3) is 11.0 Å². The molecule has 0 aromatic carbocycles. The Morgan fingerprint density at radius 2 is 2.07 bits per heavy atom. The van der Waals surface area contributed by atoms with Gasteiger partial charge in [-0.05, 0) is 44.2 Å². The molecule has 3 heteroatoms. The molecular weight excluding hydrogens is 174 g/mol. The van der Waals surface area contributed by atoms with Crippen molar-refractivity contribution in [2.24, 2.45) is 0 Å². The smallest absolute Gasteiger partial charge is 0.181 e. The summed E-state index contributed by atoms with van der Waals surface area (Å²) in [7, 11) is 0. The third-order valence-corrected chi connectivity index (χ3v) is 3.19. The highest BCUT2D eigenvalue weighted by Crippen LogP contribution is 2.29. The molecule has 0 atom stereocenters. The zero-order chi connectivity index (χ0) is 9.71. The van der Waals surface area contributed by atoms with Crippen LogP contribution in [0.15, 0.2) is 0 Å². The molecule has 0 amide bonds. The third-order valence-electron chi connectivity index (χ3n) is 3.19. The van der Waals surface area contributed by atoms with E-state index in [4.69, 9.17) is 0 Å². The van der Waals surface area contributed by atoms with Gasteiger partial charge in [0.1, 0.15) is 0 Å². The number of nitrogens with one attached hydrogen (secondary N) is 1. The first-order valence-electron chi connectivity index (χ1n) is 5.10.